The molecule has 0 bridgehead atoms. The normalized spacial score (nSPS) is 16.1. The number of H-pyrrole nitrogens is 2. The summed E-state index contributed by atoms with van der Waals surface area (Å²) >= 11 is 0. The highest BCUT2D eigenvalue weighted by atomic mass is 16.5. The van der Waals surface area contributed by atoms with Gasteiger partial charge < -0.3 is 39.9 Å². The molecule has 0 radical (unpaired) electrons. The SMILES string of the molecule is C=CC(=O)[C@@H](N=CCC(=O)O)C(=O)O.O=C(O)C1/C(=C/COc2ccccc2-c2nc3ccccc3c(=O)[nH]2)OC2CC(=O)N21.O=c1[nH]c(-c2ccccc2O)nc2ccccc12. The third-order valence-corrected chi connectivity index (χ3v) is 9.28. The number of phenols is 1. The Labute approximate surface area is 354 Å². The van der Waals surface area contributed by atoms with Gasteiger partial charge in [0.1, 0.15) is 35.5 Å². The molecule has 6 N–H and O–H groups in total. The maximum atomic E-state index is 12.4. The molecule has 320 valence electrons. The number of β-lactam (4-membered cyclic amide) rings is 1. The van der Waals surface area contributed by atoms with E-state index < -0.39 is 48.4 Å². The van der Waals surface area contributed by atoms with Crippen LogP contribution in [0.25, 0.3) is 44.6 Å². The molecule has 4 aromatic carbocycles. The zero-order valence-corrected chi connectivity index (χ0v) is 32.8. The predicted octanol–water partition coefficient (Wildman–Crippen LogP) is 3.93. The van der Waals surface area contributed by atoms with Crippen LogP contribution in [0.3, 0.4) is 0 Å². The molecule has 2 aliphatic heterocycles. The lowest BCUT2D eigenvalue weighted by Crippen LogP contribution is -2.54. The number of aliphatic imine (C=N–C) groups is 1. The lowest BCUT2D eigenvalue weighted by atomic mass is 10.1. The first-order valence-electron chi connectivity index (χ1n) is 18.8. The topological polar surface area (TPSA) is 292 Å². The van der Waals surface area contributed by atoms with Gasteiger partial charge in [0.25, 0.3) is 11.1 Å². The van der Waals surface area contributed by atoms with Gasteiger partial charge in [-0.1, -0.05) is 55.1 Å². The van der Waals surface area contributed by atoms with Crippen LogP contribution in [0.15, 0.2) is 136 Å². The van der Waals surface area contributed by atoms with Crippen LogP contribution in [0, 0.1) is 0 Å². The van der Waals surface area contributed by atoms with E-state index in [2.05, 4.69) is 31.5 Å². The summed E-state index contributed by atoms with van der Waals surface area (Å²) in [5, 5.41) is 37.0. The van der Waals surface area contributed by atoms with Gasteiger partial charge in [-0.15, -0.1) is 0 Å². The number of hydrogen-bond donors (Lipinski definition) is 6. The van der Waals surface area contributed by atoms with Crippen LogP contribution in [0.5, 0.6) is 11.5 Å². The van der Waals surface area contributed by atoms with E-state index >= 15 is 0 Å². The van der Waals surface area contributed by atoms with Crippen molar-refractivity contribution in [3.63, 3.8) is 0 Å². The smallest absolute Gasteiger partial charge is 0.336 e. The molecule has 2 fully saturated rings. The number of aromatic hydroxyl groups is 1. The largest absolute Gasteiger partial charge is 0.507 e. The first-order valence-corrected chi connectivity index (χ1v) is 18.8. The van der Waals surface area contributed by atoms with Crippen molar-refractivity contribution in [2.24, 2.45) is 4.99 Å². The number of carboxylic acid groups (broad SMARTS) is 3. The molecule has 3 atom stereocenters. The van der Waals surface area contributed by atoms with Crippen LogP contribution >= 0.6 is 0 Å². The van der Waals surface area contributed by atoms with Gasteiger partial charge in [0, 0.05) is 6.21 Å². The van der Waals surface area contributed by atoms with Gasteiger partial charge in [0.15, 0.2) is 18.1 Å². The number of aromatic nitrogens is 4. The number of nitrogens with one attached hydrogen (secondary N) is 2. The van der Waals surface area contributed by atoms with Crippen LogP contribution in [0.1, 0.15) is 12.8 Å². The highest BCUT2D eigenvalue weighted by molar-refractivity contribution is 6.09. The summed E-state index contributed by atoms with van der Waals surface area (Å²) in [7, 11) is 0. The number of hydrogen-bond acceptors (Lipinski definition) is 13. The molecule has 0 spiro atoms. The van der Waals surface area contributed by atoms with Gasteiger partial charge in [-0.05, 0) is 60.7 Å². The van der Waals surface area contributed by atoms with Gasteiger partial charge >= 0.3 is 17.9 Å². The number of nitrogens with zero attached hydrogens (tertiary/aromatic N) is 4. The van der Waals surface area contributed by atoms with Gasteiger partial charge in [0.05, 0.1) is 45.8 Å². The van der Waals surface area contributed by atoms with Crippen molar-refractivity contribution >= 4 is 57.6 Å². The number of rotatable bonds is 12. The zero-order chi connectivity index (χ0) is 45.2. The van der Waals surface area contributed by atoms with E-state index in [4.69, 9.17) is 19.7 Å². The molecule has 4 heterocycles. The quantitative estimate of drug-likeness (QED) is 0.0440. The molecule has 63 heavy (non-hydrogen) atoms. The zero-order valence-electron chi connectivity index (χ0n) is 32.8. The first kappa shape index (κ1) is 43.8. The van der Waals surface area contributed by atoms with E-state index in [1.807, 2.05) is 12.1 Å². The molecule has 8 rings (SSSR count). The minimum Gasteiger partial charge on any atom is -0.507 e. The lowest BCUT2D eigenvalue weighted by Gasteiger charge is -2.33. The number of ether oxygens (including phenoxy) is 2. The maximum Gasteiger partial charge on any atom is 0.336 e. The Morgan fingerprint density at radius 1 is 0.825 bits per heavy atom. The number of aliphatic carboxylic acids is 3. The number of amides is 1. The number of para-hydroxylation sites is 4. The Bertz CT molecular complexity index is 2940. The molecule has 0 aliphatic carbocycles. The van der Waals surface area contributed by atoms with E-state index in [0.29, 0.717) is 50.3 Å². The van der Waals surface area contributed by atoms with Gasteiger partial charge in [-0.3, -0.25) is 33.9 Å². The number of ketones is 1. The predicted molar refractivity (Wildman–Crippen MR) is 226 cm³/mol. The van der Waals surface area contributed by atoms with E-state index in [-0.39, 0.29) is 41.6 Å². The van der Waals surface area contributed by atoms with Crippen molar-refractivity contribution in [1.82, 2.24) is 24.8 Å². The molecule has 1 amide bonds. The number of carbonyl (C=O) groups excluding carboxylic acids is 2. The van der Waals surface area contributed by atoms with Crippen LogP contribution in [0.4, 0.5) is 0 Å². The number of aromatic amines is 2. The van der Waals surface area contributed by atoms with Crippen molar-refractivity contribution in [3.8, 4) is 34.3 Å². The fraction of sp³-hybridized carbons (Fsp3) is 0.136. The Morgan fingerprint density at radius 2 is 1.38 bits per heavy atom. The van der Waals surface area contributed by atoms with E-state index in [9.17, 15) is 43.8 Å². The van der Waals surface area contributed by atoms with Crippen molar-refractivity contribution in [1.29, 1.82) is 0 Å². The summed E-state index contributed by atoms with van der Waals surface area (Å²) in [5.74, 6) is -3.30. The fourth-order valence-corrected chi connectivity index (χ4v) is 6.28. The first-order chi connectivity index (χ1) is 30.3. The second-order valence-electron chi connectivity index (χ2n) is 13.4. The summed E-state index contributed by atoms with van der Waals surface area (Å²) in [6, 6.07) is 25.3. The van der Waals surface area contributed by atoms with Gasteiger partial charge in [-0.25, -0.2) is 19.6 Å². The molecule has 2 aliphatic rings. The summed E-state index contributed by atoms with van der Waals surface area (Å²) in [5.41, 5.74) is 1.81. The van der Waals surface area contributed by atoms with Gasteiger partial charge in [-0.2, -0.15) is 0 Å². The summed E-state index contributed by atoms with van der Waals surface area (Å²) in [4.78, 5) is 97.8. The second kappa shape index (κ2) is 19.5. The van der Waals surface area contributed by atoms with Crippen LogP contribution in [-0.4, -0.2) is 106 Å². The Balaban J connectivity index is 0.000000175. The highest BCUT2D eigenvalue weighted by Crippen LogP contribution is 2.36. The fourth-order valence-electron chi connectivity index (χ4n) is 6.28. The molecular weight excluding hydrogens is 821 g/mol. The molecule has 19 heteroatoms. The monoisotopic (exact) mass is 856 g/mol. The number of carboxylic acids is 3. The van der Waals surface area contributed by atoms with Crippen LogP contribution < -0.4 is 15.9 Å². The molecule has 2 aromatic heterocycles. The second-order valence-corrected chi connectivity index (χ2v) is 13.4. The molecule has 2 saturated heterocycles. The average Bonchev–Trinajstić information content (AvgIpc) is 3.57. The summed E-state index contributed by atoms with van der Waals surface area (Å²) in [6.07, 6.45) is 2.44. The number of benzene rings is 4. The van der Waals surface area contributed by atoms with E-state index in [1.165, 1.54) is 11.0 Å². The molecule has 6 aromatic rings. The van der Waals surface area contributed by atoms with Gasteiger partial charge in [0.2, 0.25) is 11.9 Å². The average molecular weight is 857 g/mol. The van der Waals surface area contributed by atoms with Crippen molar-refractivity contribution in [2.75, 3.05) is 6.61 Å². The Morgan fingerprint density at radius 3 is 1.94 bits per heavy atom. The standard InChI is InChI=1S/C22H17N3O6.C14H10N2O2.C8H9NO5/c26-17-11-18-25(17)19(22(28)29)16(31-18)9-10-30-15-8-4-2-6-13(15)20-23-14-7-3-1-5-12(14)21(27)24-20;17-12-8-4-2-6-10(12)13-15-11-7-3-1-5-9(11)14(18)16-13;1-2-5(10)7(8(13)14)9-4-3-6(11)12/h1-9,18-19H,10-11H2,(H,28,29)(H,23,24,27);1-8,17H,(H,15,16,18);2,4,7H,1,3H2,(H,11,12)(H,13,14)/b16-9-;;/t;;7-/m..1/s1. The van der Waals surface area contributed by atoms with E-state index in [0.717, 1.165) is 12.3 Å². The van der Waals surface area contributed by atoms with E-state index in [1.54, 1.807) is 84.9 Å². The third-order valence-electron chi connectivity index (χ3n) is 9.28. The van der Waals surface area contributed by atoms with Crippen molar-refractivity contribution < 1.29 is 53.9 Å². The third kappa shape index (κ3) is 10.2. The molecule has 0 saturated carbocycles. The van der Waals surface area contributed by atoms with Crippen LogP contribution in [-0.2, 0) is 28.7 Å². The van der Waals surface area contributed by atoms with Crippen molar-refractivity contribution in [2.45, 2.75) is 31.2 Å². The Hall–Kier alpha value is -8.74. The molecule has 2 unspecified atom stereocenters. The number of fused-ring (bicyclic) bond motifs is 3. The van der Waals surface area contributed by atoms with Crippen LogP contribution in [0.2, 0.25) is 0 Å². The summed E-state index contributed by atoms with van der Waals surface area (Å²) < 4.78 is 11.4. The highest BCUT2D eigenvalue weighted by Gasteiger charge is 2.53. The maximum absolute atomic E-state index is 12.4. The summed E-state index contributed by atoms with van der Waals surface area (Å²) in [6.45, 7) is 3.12. The minimum atomic E-state index is -1.59. The molecule has 19 nitrogen and oxygen atoms in total. The lowest BCUT2D eigenvalue weighted by molar-refractivity contribution is -0.163. The minimum absolute atomic E-state index is 0.0166. The number of carbonyl (C=O) groups is 5. The molecular formula is C44H36N6O13. The van der Waals surface area contributed by atoms with Crippen molar-refractivity contribution in [3.05, 3.63) is 142 Å². The number of phenolic OH excluding ortho intramolecular Hbond substituents is 1. The Kier molecular flexibility index (Phi) is 13.6.